The largest absolute Gasteiger partial charge is 0.381 e. The van der Waals surface area contributed by atoms with Gasteiger partial charge in [0.15, 0.2) is 5.82 Å². The van der Waals surface area contributed by atoms with E-state index in [0.29, 0.717) is 11.8 Å². The van der Waals surface area contributed by atoms with Crippen molar-refractivity contribution in [2.24, 2.45) is 0 Å². The molecule has 0 amide bonds. The van der Waals surface area contributed by atoms with Crippen LogP contribution in [0.4, 0.5) is 0 Å². The average molecular weight is 339 g/mol. The van der Waals surface area contributed by atoms with Crippen LogP contribution >= 0.6 is 0 Å². The van der Waals surface area contributed by atoms with Crippen LogP contribution in [0.2, 0.25) is 0 Å². The molecule has 0 N–H and O–H groups in total. The van der Waals surface area contributed by atoms with Gasteiger partial charge in [-0.05, 0) is 57.6 Å². The third-order valence-electron chi connectivity index (χ3n) is 5.44. The number of aryl methyl sites for hydroxylation is 1. The molecule has 5 heteroatoms. The van der Waals surface area contributed by atoms with Crippen LogP contribution in [0.25, 0.3) is 11.5 Å². The minimum Gasteiger partial charge on any atom is -0.381 e. The Labute approximate surface area is 148 Å². The Morgan fingerprint density at radius 1 is 1.24 bits per heavy atom. The molecule has 0 atom stereocenters. The van der Waals surface area contributed by atoms with Crippen LogP contribution in [0.15, 0.2) is 29.3 Å². The van der Waals surface area contributed by atoms with E-state index in [9.17, 15) is 0 Å². The molecule has 2 fully saturated rings. The van der Waals surface area contributed by atoms with E-state index in [2.05, 4.69) is 17.8 Å². The summed E-state index contributed by atoms with van der Waals surface area (Å²) in [7, 11) is 0. The molecule has 1 saturated carbocycles. The highest BCUT2D eigenvalue weighted by Crippen LogP contribution is 2.44. The predicted octanol–water partition coefficient (Wildman–Crippen LogP) is 4.33. The summed E-state index contributed by atoms with van der Waals surface area (Å²) in [6.45, 7) is 7.39. The number of allylic oxidation sites excluding steroid dienone is 1. The third kappa shape index (κ3) is 3.25. The van der Waals surface area contributed by atoms with Crippen LogP contribution < -0.4 is 0 Å². The zero-order chi connectivity index (χ0) is 17.3. The number of nitrogens with zero attached hydrogens (tertiary/aromatic N) is 3. The highest BCUT2D eigenvalue weighted by molar-refractivity contribution is 5.58. The smallest absolute Gasteiger partial charge is 0.259 e. The standard InChI is InChI=1S/C20H25N3O2/c1-3-4-9-20(10-12-24-13-11-20)19-22-18(25-23-19)16-8-5-14(2)21-17(16)15-6-7-15/h3,5,8,15H,1,4,6-7,9-13H2,2H3. The van der Waals surface area contributed by atoms with Crippen molar-refractivity contribution in [1.82, 2.24) is 15.1 Å². The topological polar surface area (TPSA) is 61.0 Å². The second kappa shape index (κ2) is 6.71. The van der Waals surface area contributed by atoms with Gasteiger partial charge in [0.2, 0.25) is 0 Å². The predicted molar refractivity (Wildman–Crippen MR) is 95.4 cm³/mol. The van der Waals surface area contributed by atoms with E-state index in [-0.39, 0.29) is 5.41 Å². The highest BCUT2D eigenvalue weighted by Gasteiger charge is 2.39. The molecule has 2 aromatic rings. The summed E-state index contributed by atoms with van der Waals surface area (Å²) in [6.07, 6.45) is 8.16. The summed E-state index contributed by atoms with van der Waals surface area (Å²) >= 11 is 0. The van der Waals surface area contributed by atoms with Crippen molar-refractivity contribution < 1.29 is 9.26 Å². The molecule has 1 aliphatic heterocycles. The van der Waals surface area contributed by atoms with Gasteiger partial charge < -0.3 is 9.26 Å². The van der Waals surface area contributed by atoms with Crippen molar-refractivity contribution in [3.8, 4) is 11.5 Å². The van der Waals surface area contributed by atoms with E-state index in [1.54, 1.807) is 0 Å². The fraction of sp³-hybridized carbons (Fsp3) is 0.550. The Bertz CT molecular complexity index is 758. The highest BCUT2D eigenvalue weighted by atomic mass is 16.5. The van der Waals surface area contributed by atoms with Gasteiger partial charge in [0.25, 0.3) is 5.89 Å². The molecule has 0 unspecified atom stereocenters. The fourth-order valence-electron chi connectivity index (χ4n) is 3.70. The molecule has 3 heterocycles. The number of hydrogen-bond acceptors (Lipinski definition) is 5. The summed E-state index contributed by atoms with van der Waals surface area (Å²) in [6, 6.07) is 4.10. The zero-order valence-electron chi connectivity index (χ0n) is 14.8. The number of aromatic nitrogens is 3. The molecular weight excluding hydrogens is 314 g/mol. The minimum absolute atomic E-state index is 0.0634. The van der Waals surface area contributed by atoms with E-state index >= 15 is 0 Å². The normalized spacial score (nSPS) is 19.7. The van der Waals surface area contributed by atoms with E-state index in [4.69, 9.17) is 19.2 Å². The fourth-order valence-corrected chi connectivity index (χ4v) is 3.70. The summed E-state index contributed by atoms with van der Waals surface area (Å²) in [4.78, 5) is 9.56. The van der Waals surface area contributed by atoms with Gasteiger partial charge in [-0.25, -0.2) is 0 Å². The minimum atomic E-state index is -0.0634. The molecule has 0 aromatic carbocycles. The molecule has 5 nitrogen and oxygen atoms in total. The molecule has 132 valence electrons. The van der Waals surface area contributed by atoms with Crippen molar-refractivity contribution in [3.63, 3.8) is 0 Å². The molecule has 1 aliphatic carbocycles. The van der Waals surface area contributed by atoms with Crippen LogP contribution in [-0.2, 0) is 10.2 Å². The van der Waals surface area contributed by atoms with Gasteiger partial charge in [-0.3, -0.25) is 4.98 Å². The first-order valence-electron chi connectivity index (χ1n) is 9.23. The first kappa shape index (κ1) is 16.5. The van der Waals surface area contributed by atoms with Crippen molar-refractivity contribution >= 4 is 0 Å². The Morgan fingerprint density at radius 3 is 2.76 bits per heavy atom. The quantitative estimate of drug-likeness (QED) is 0.733. The van der Waals surface area contributed by atoms with Crippen molar-refractivity contribution in [3.05, 3.63) is 42.0 Å². The van der Waals surface area contributed by atoms with Gasteiger partial charge >= 0.3 is 0 Å². The Morgan fingerprint density at radius 2 is 2.04 bits per heavy atom. The molecule has 2 aliphatic rings. The maximum Gasteiger partial charge on any atom is 0.259 e. The Balaban J connectivity index is 1.68. The third-order valence-corrected chi connectivity index (χ3v) is 5.44. The number of rotatable bonds is 6. The van der Waals surface area contributed by atoms with Crippen LogP contribution in [0.3, 0.4) is 0 Å². The molecule has 1 saturated heterocycles. The lowest BCUT2D eigenvalue weighted by Crippen LogP contribution is -2.34. The lowest BCUT2D eigenvalue weighted by Gasteiger charge is -2.34. The lowest BCUT2D eigenvalue weighted by atomic mass is 9.75. The van der Waals surface area contributed by atoms with Gasteiger partial charge in [0.1, 0.15) is 0 Å². The summed E-state index contributed by atoms with van der Waals surface area (Å²) in [5.74, 6) is 1.96. The van der Waals surface area contributed by atoms with Crippen molar-refractivity contribution in [1.29, 1.82) is 0 Å². The van der Waals surface area contributed by atoms with Crippen molar-refractivity contribution in [2.45, 2.75) is 56.8 Å². The van der Waals surface area contributed by atoms with E-state index in [0.717, 1.165) is 61.7 Å². The van der Waals surface area contributed by atoms with Crippen LogP contribution in [0.1, 0.15) is 61.7 Å². The molecular formula is C20H25N3O2. The summed E-state index contributed by atoms with van der Waals surface area (Å²) in [5, 5.41) is 4.38. The maximum atomic E-state index is 5.70. The Kier molecular flexibility index (Phi) is 4.42. The second-order valence-corrected chi connectivity index (χ2v) is 7.30. The lowest BCUT2D eigenvalue weighted by molar-refractivity contribution is 0.0430. The number of ether oxygens (including phenoxy) is 1. The van der Waals surface area contributed by atoms with Gasteiger partial charge in [-0.1, -0.05) is 11.2 Å². The molecule has 0 bridgehead atoms. The SMILES string of the molecule is C=CCCC1(c2noc(-c3ccc(C)nc3C3CC3)n2)CCOCC1. The number of hydrogen-bond donors (Lipinski definition) is 0. The molecule has 25 heavy (non-hydrogen) atoms. The van der Waals surface area contributed by atoms with E-state index in [1.165, 1.54) is 12.8 Å². The first-order valence-corrected chi connectivity index (χ1v) is 9.23. The van der Waals surface area contributed by atoms with Gasteiger partial charge in [-0.2, -0.15) is 4.98 Å². The monoisotopic (exact) mass is 339 g/mol. The average Bonchev–Trinajstić information content (AvgIpc) is 3.37. The van der Waals surface area contributed by atoms with Crippen molar-refractivity contribution in [2.75, 3.05) is 13.2 Å². The van der Waals surface area contributed by atoms with Gasteiger partial charge in [-0.15, -0.1) is 6.58 Å². The molecule has 0 spiro atoms. The Hall–Kier alpha value is -2.01. The van der Waals surface area contributed by atoms with Gasteiger partial charge in [0.05, 0.1) is 11.3 Å². The first-order chi connectivity index (χ1) is 12.2. The molecule has 4 rings (SSSR count). The zero-order valence-corrected chi connectivity index (χ0v) is 14.8. The van der Waals surface area contributed by atoms with Gasteiger partial charge in [0, 0.05) is 30.2 Å². The van der Waals surface area contributed by atoms with Crippen LogP contribution in [-0.4, -0.2) is 28.3 Å². The summed E-state index contributed by atoms with van der Waals surface area (Å²) in [5.41, 5.74) is 3.09. The van der Waals surface area contributed by atoms with E-state index in [1.807, 2.05) is 19.1 Å². The van der Waals surface area contributed by atoms with Crippen LogP contribution in [0, 0.1) is 6.92 Å². The van der Waals surface area contributed by atoms with Crippen LogP contribution in [0.5, 0.6) is 0 Å². The summed E-state index contributed by atoms with van der Waals surface area (Å²) < 4.78 is 11.3. The molecule has 2 aromatic heterocycles. The second-order valence-electron chi connectivity index (χ2n) is 7.30. The molecule has 0 radical (unpaired) electrons. The van der Waals surface area contributed by atoms with E-state index < -0.39 is 0 Å². The maximum absolute atomic E-state index is 5.70. The number of pyridine rings is 1.